The van der Waals surface area contributed by atoms with Crippen molar-refractivity contribution in [1.29, 1.82) is 0 Å². The van der Waals surface area contributed by atoms with Crippen LogP contribution in [0.2, 0.25) is 0 Å². The van der Waals surface area contributed by atoms with E-state index in [9.17, 15) is 9.59 Å². The third-order valence-corrected chi connectivity index (χ3v) is 2.68. The van der Waals surface area contributed by atoms with Crippen molar-refractivity contribution in [2.45, 2.75) is 46.3 Å². The van der Waals surface area contributed by atoms with Crippen molar-refractivity contribution in [2.24, 2.45) is 5.92 Å². The van der Waals surface area contributed by atoms with Crippen molar-refractivity contribution in [3.8, 4) is 0 Å². The molecule has 1 aromatic carbocycles. The summed E-state index contributed by atoms with van der Waals surface area (Å²) in [5.74, 6) is -0.342. The molecule has 1 amide bonds. The van der Waals surface area contributed by atoms with Gasteiger partial charge in [-0.15, -0.1) is 0 Å². The first kappa shape index (κ1) is 16.2. The zero-order valence-corrected chi connectivity index (χ0v) is 12.6. The third kappa shape index (κ3) is 5.43. The maximum absolute atomic E-state index is 12.1. The molecule has 0 bridgehead atoms. The van der Waals surface area contributed by atoms with Gasteiger partial charge in [-0.25, -0.2) is 4.79 Å². The summed E-state index contributed by atoms with van der Waals surface area (Å²) >= 11 is 0. The molecular weight excluding hydrogens is 254 g/mol. The van der Waals surface area contributed by atoms with Crippen LogP contribution in [0.15, 0.2) is 30.3 Å². The Morgan fingerprint density at radius 3 is 2.20 bits per heavy atom. The van der Waals surface area contributed by atoms with E-state index in [-0.39, 0.29) is 23.9 Å². The van der Waals surface area contributed by atoms with E-state index in [4.69, 9.17) is 4.74 Å². The first-order valence-electron chi connectivity index (χ1n) is 6.96. The van der Waals surface area contributed by atoms with Gasteiger partial charge in [0, 0.05) is 5.56 Å². The molecule has 20 heavy (non-hydrogen) atoms. The molecule has 1 aromatic rings. The summed E-state index contributed by atoms with van der Waals surface area (Å²) in [6, 6.07) is 8.25. The SMILES string of the molecule is CC(C)CC(NC(=O)c1ccccc1)C(=O)OC(C)C. The van der Waals surface area contributed by atoms with E-state index in [1.807, 2.05) is 19.9 Å². The highest BCUT2D eigenvalue weighted by atomic mass is 16.5. The van der Waals surface area contributed by atoms with Crippen molar-refractivity contribution >= 4 is 11.9 Å². The van der Waals surface area contributed by atoms with Crippen LogP contribution in [-0.4, -0.2) is 24.0 Å². The minimum absolute atomic E-state index is 0.189. The molecule has 1 rings (SSSR count). The number of esters is 1. The Hall–Kier alpha value is -1.84. The van der Waals surface area contributed by atoms with E-state index in [2.05, 4.69) is 5.32 Å². The van der Waals surface area contributed by atoms with E-state index in [0.717, 1.165) is 0 Å². The quantitative estimate of drug-likeness (QED) is 0.813. The predicted octanol–water partition coefficient (Wildman–Crippen LogP) is 2.78. The highest BCUT2D eigenvalue weighted by Gasteiger charge is 2.24. The van der Waals surface area contributed by atoms with Crippen molar-refractivity contribution in [1.82, 2.24) is 5.32 Å². The van der Waals surface area contributed by atoms with Gasteiger partial charge in [0.2, 0.25) is 0 Å². The van der Waals surface area contributed by atoms with E-state index in [1.54, 1.807) is 38.1 Å². The highest BCUT2D eigenvalue weighted by Crippen LogP contribution is 2.09. The Bertz CT molecular complexity index is 440. The summed E-state index contributed by atoms with van der Waals surface area (Å²) in [6.07, 6.45) is 0.371. The minimum Gasteiger partial charge on any atom is -0.461 e. The summed E-state index contributed by atoms with van der Waals surface area (Å²) < 4.78 is 5.20. The van der Waals surface area contributed by atoms with Crippen LogP contribution in [-0.2, 0) is 9.53 Å². The zero-order chi connectivity index (χ0) is 15.1. The molecule has 0 aliphatic carbocycles. The van der Waals surface area contributed by atoms with Crippen molar-refractivity contribution in [2.75, 3.05) is 0 Å². The number of nitrogens with one attached hydrogen (secondary N) is 1. The van der Waals surface area contributed by atoms with Crippen LogP contribution in [0, 0.1) is 5.92 Å². The van der Waals surface area contributed by atoms with Crippen molar-refractivity contribution in [3.63, 3.8) is 0 Å². The average molecular weight is 277 g/mol. The lowest BCUT2D eigenvalue weighted by Gasteiger charge is -2.20. The molecule has 0 aliphatic heterocycles. The van der Waals surface area contributed by atoms with Gasteiger partial charge in [-0.1, -0.05) is 32.0 Å². The van der Waals surface area contributed by atoms with Gasteiger partial charge in [0.1, 0.15) is 6.04 Å². The summed E-state index contributed by atoms with van der Waals surface area (Å²) in [5.41, 5.74) is 0.540. The number of amides is 1. The molecule has 0 aliphatic rings. The molecule has 0 spiro atoms. The number of ether oxygens (including phenoxy) is 1. The minimum atomic E-state index is -0.606. The van der Waals surface area contributed by atoms with Gasteiger partial charge in [0.15, 0.2) is 0 Å². The second kappa shape index (κ2) is 7.68. The van der Waals surface area contributed by atoms with Crippen LogP contribution in [0.5, 0.6) is 0 Å². The molecule has 1 N–H and O–H groups in total. The second-order valence-electron chi connectivity index (χ2n) is 5.51. The molecule has 0 saturated heterocycles. The number of rotatable bonds is 6. The normalized spacial score (nSPS) is 12.3. The Balaban J connectivity index is 2.74. The smallest absolute Gasteiger partial charge is 0.328 e. The third-order valence-electron chi connectivity index (χ3n) is 2.68. The number of carbonyl (C=O) groups excluding carboxylic acids is 2. The number of hydrogen-bond acceptors (Lipinski definition) is 3. The first-order chi connectivity index (χ1) is 9.40. The molecule has 0 fully saturated rings. The first-order valence-corrected chi connectivity index (χ1v) is 6.96. The van der Waals surface area contributed by atoms with E-state index in [0.29, 0.717) is 12.0 Å². The van der Waals surface area contributed by atoms with E-state index in [1.165, 1.54) is 0 Å². The van der Waals surface area contributed by atoms with Gasteiger partial charge in [-0.2, -0.15) is 0 Å². The van der Waals surface area contributed by atoms with Gasteiger partial charge in [-0.05, 0) is 38.3 Å². The lowest BCUT2D eigenvalue weighted by Crippen LogP contribution is -2.43. The summed E-state index contributed by atoms with van der Waals surface area (Å²) in [6.45, 7) is 7.60. The van der Waals surface area contributed by atoms with E-state index < -0.39 is 6.04 Å². The highest BCUT2D eigenvalue weighted by molar-refractivity contribution is 5.96. The Labute approximate surface area is 120 Å². The van der Waals surface area contributed by atoms with E-state index >= 15 is 0 Å². The Morgan fingerprint density at radius 1 is 1.10 bits per heavy atom. The largest absolute Gasteiger partial charge is 0.461 e. The van der Waals surface area contributed by atoms with Gasteiger partial charge < -0.3 is 10.1 Å². The van der Waals surface area contributed by atoms with Crippen LogP contribution in [0.25, 0.3) is 0 Å². The predicted molar refractivity (Wildman–Crippen MR) is 78.4 cm³/mol. The standard InChI is InChI=1S/C16H23NO3/c1-11(2)10-14(16(19)20-12(3)4)17-15(18)13-8-6-5-7-9-13/h5-9,11-12,14H,10H2,1-4H3,(H,17,18). The topological polar surface area (TPSA) is 55.4 Å². The number of benzene rings is 1. The molecule has 1 atom stereocenters. The Kier molecular flexibility index (Phi) is 6.22. The fraction of sp³-hybridized carbons (Fsp3) is 0.500. The maximum Gasteiger partial charge on any atom is 0.328 e. The Morgan fingerprint density at radius 2 is 1.70 bits per heavy atom. The molecule has 4 nitrogen and oxygen atoms in total. The molecule has 4 heteroatoms. The lowest BCUT2D eigenvalue weighted by atomic mass is 10.0. The van der Waals surface area contributed by atoms with Crippen molar-refractivity contribution < 1.29 is 14.3 Å². The zero-order valence-electron chi connectivity index (χ0n) is 12.6. The fourth-order valence-corrected chi connectivity index (χ4v) is 1.83. The number of carbonyl (C=O) groups is 2. The molecular formula is C16H23NO3. The lowest BCUT2D eigenvalue weighted by molar-refractivity contribution is -0.150. The summed E-state index contributed by atoms with van der Waals surface area (Å²) in [7, 11) is 0. The van der Waals surface area contributed by atoms with Crippen LogP contribution in [0.1, 0.15) is 44.5 Å². The van der Waals surface area contributed by atoms with Gasteiger partial charge in [-0.3, -0.25) is 4.79 Å². The van der Waals surface area contributed by atoms with Crippen LogP contribution >= 0.6 is 0 Å². The average Bonchev–Trinajstić information content (AvgIpc) is 2.37. The summed E-state index contributed by atoms with van der Waals surface area (Å²) in [5, 5.41) is 2.76. The monoisotopic (exact) mass is 277 g/mol. The maximum atomic E-state index is 12.1. The van der Waals surface area contributed by atoms with Crippen LogP contribution in [0.3, 0.4) is 0 Å². The molecule has 0 heterocycles. The van der Waals surface area contributed by atoms with Gasteiger partial charge in [0.25, 0.3) is 5.91 Å². The molecule has 0 aromatic heterocycles. The fourth-order valence-electron chi connectivity index (χ4n) is 1.83. The van der Waals surface area contributed by atoms with Crippen molar-refractivity contribution in [3.05, 3.63) is 35.9 Å². The van der Waals surface area contributed by atoms with Gasteiger partial charge in [0.05, 0.1) is 6.10 Å². The second-order valence-corrected chi connectivity index (χ2v) is 5.51. The molecule has 1 unspecified atom stereocenters. The molecule has 0 radical (unpaired) electrons. The van der Waals surface area contributed by atoms with Crippen LogP contribution < -0.4 is 5.32 Å². The van der Waals surface area contributed by atoms with Crippen LogP contribution in [0.4, 0.5) is 0 Å². The summed E-state index contributed by atoms with van der Waals surface area (Å²) in [4.78, 5) is 24.1. The molecule has 110 valence electrons. The van der Waals surface area contributed by atoms with Gasteiger partial charge >= 0.3 is 5.97 Å². The number of hydrogen-bond donors (Lipinski definition) is 1. The molecule has 0 saturated carbocycles.